The Kier molecular flexibility index (Phi) is 7.35. The molecule has 0 saturated carbocycles. The van der Waals surface area contributed by atoms with Crippen LogP contribution < -0.4 is 0 Å². The molecule has 0 radical (unpaired) electrons. The molecule has 0 fully saturated rings. The average Bonchev–Trinajstić information content (AvgIpc) is 3.71. The van der Waals surface area contributed by atoms with Gasteiger partial charge in [0.2, 0.25) is 0 Å². The number of nitrogens with zero attached hydrogens (tertiary/aromatic N) is 4. The number of aryl methyl sites for hydroxylation is 1. The van der Waals surface area contributed by atoms with Gasteiger partial charge in [-0.25, -0.2) is 9.97 Å². The minimum absolute atomic E-state index is 0.716. The number of aromatic nitrogens is 4. The highest BCUT2D eigenvalue weighted by atomic mass is 15.1. The molecule has 240 valence electrons. The van der Waals surface area contributed by atoms with Crippen LogP contribution >= 0.6 is 0 Å². The van der Waals surface area contributed by atoms with E-state index in [2.05, 4.69) is 161 Å². The summed E-state index contributed by atoms with van der Waals surface area (Å²) in [6, 6.07) is 51.9. The van der Waals surface area contributed by atoms with Crippen LogP contribution in [0.1, 0.15) is 31.4 Å². The predicted octanol–water partition coefficient (Wildman–Crippen LogP) is 12.0. The molecule has 0 spiro atoms. The first-order chi connectivity index (χ1) is 24.8. The van der Waals surface area contributed by atoms with Crippen LogP contribution in [0.4, 0.5) is 0 Å². The quantitative estimate of drug-likeness (QED) is 0.191. The first-order valence-corrected chi connectivity index (χ1v) is 17.6. The van der Waals surface area contributed by atoms with Crippen molar-refractivity contribution >= 4 is 49.7 Å². The van der Waals surface area contributed by atoms with Crippen molar-refractivity contribution in [2.24, 2.45) is 0 Å². The van der Waals surface area contributed by atoms with E-state index in [4.69, 9.17) is 9.97 Å². The van der Waals surface area contributed by atoms with E-state index in [0.717, 1.165) is 52.2 Å². The topological polar surface area (TPSA) is 35.6 Å². The number of hydrogen-bond acceptors (Lipinski definition) is 2. The van der Waals surface area contributed by atoms with Crippen LogP contribution in [0, 0.1) is 0 Å². The molecule has 3 heterocycles. The normalized spacial score (nSPS) is 12.4. The maximum Gasteiger partial charge on any atom is 0.162 e. The molecule has 9 aromatic rings. The Labute approximate surface area is 291 Å². The summed E-state index contributed by atoms with van der Waals surface area (Å²) in [5, 5.41) is 4.90. The smallest absolute Gasteiger partial charge is 0.162 e. The van der Waals surface area contributed by atoms with E-state index in [-0.39, 0.29) is 0 Å². The Bertz CT molecular complexity index is 2680. The van der Waals surface area contributed by atoms with Crippen molar-refractivity contribution in [3.8, 4) is 34.2 Å². The molecule has 0 amide bonds. The van der Waals surface area contributed by atoms with Crippen molar-refractivity contribution in [2.45, 2.75) is 26.7 Å². The third-order valence-electron chi connectivity index (χ3n) is 9.81. The average molecular weight is 645 g/mol. The Morgan fingerprint density at radius 2 is 1.14 bits per heavy atom. The maximum absolute atomic E-state index is 5.27. The lowest BCUT2D eigenvalue weighted by molar-refractivity contribution is 0.985. The number of benzene rings is 6. The van der Waals surface area contributed by atoms with Crippen molar-refractivity contribution in [3.63, 3.8) is 0 Å². The van der Waals surface area contributed by atoms with E-state index < -0.39 is 0 Å². The van der Waals surface area contributed by atoms with E-state index in [1.54, 1.807) is 0 Å². The maximum atomic E-state index is 5.27. The number of allylic oxidation sites excluding steroid dienone is 1. The van der Waals surface area contributed by atoms with Crippen LogP contribution in [-0.4, -0.2) is 19.1 Å². The van der Waals surface area contributed by atoms with Gasteiger partial charge in [-0.1, -0.05) is 129 Å². The molecular weight excluding hydrogens is 609 g/mol. The second-order valence-corrected chi connectivity index (χ2v) is 12.5. The lowest BCUT2D eigenvalue weighted by Crippen LogP contribution is -2.04. The lowest BCUT2D eigenvalue weighted by Gasteiger charge is -2.17. The van der Waals surface area contributed by atoms with Gasteiger partial charge in [0.15, 0.2) is 5.82 Å². The molecule has 0 aliphatic heterocycles. The number of rotatable bonds is 4. The summed E-state index contributed by atoms with van der Waals surface area (Å²) in [6.07, 6.45) is 6.64. The fourth-order valence-electron chi connectivity index (χ4n) is 7.64. The molecule has 1 aliphatic rings. The molecule has 6 aromatic carbocycles. The zero-order valence-electron chi connectivity index (χ0n) is 28.2. The van der Waals surface area contributed by atoms with Gasteiger partial charge in [-0.05, 0) is 60.4 Å². The molecule has 0 bridgehead atoms. The molecule has 0 saturated heterocycles. The van der Waals surface area contributed by atoms with Gasteiger partial charge in [-0.2, -0.15) is 0 Å². The minimum Gasteiger partial charge on any atom is -0.309 e. The van der Waals surface area contributed by atoms with Crippen molar-refractivity contribution in [3.05, 3.63) is 163 Å². The second-order valence-electron chi connectivity index (χ2n) is 12.5. The summed E-state index contributed by atoms with van der Waals surface area (Å²) in [6.45, 7) is 4.00. The van der Waals surface area contributed by atoms with E-state index in [1.165, 1.54) is 43.7 Å². The van der Waals surface area contributed by atoms with Crippen molar-refractivity contribution in [1.82, 2.24) is 19.1 Å². The van der Waals surface area contributed by atoms with E-state index >= 15 is 0 Å². The summed E-state index contributed by atoms with van der Waals surface area (Å²) in [4.78, 5) is 10.5. The molecule has 1 aliphatic carbocycles. The van der Waals surface area contributed by atoms with Gasteiger partial charge in [0.25, 0.3) is 0 Å². The van der Waals surface area contributed by atoms with Gasteiger partial charge in [0, 0.05) is 44.4 Å². The first kappa shape index (κ1) is 29.8. The lowest BCUT2D eigenvalue weighted by atomic mass is 9.92. The minimum atomic E-state index is 0.716. The Morgan fingerprint density at radius 3 is 1.86 bits per heavy atom. The standard InChI is InChI=1S/C44H30N4.C2H6/c1-2-14-30(15-3-1)44-45-38(33-21-12-16-29-13-4-5-17-32(29)33)28-43(46-44)48-41-24-11-8-20-36(41)37-27-31(25-26-42(37)48)47-39-22-9-6-18-34(39)35-19-7-10-23-40(35)47;1-2/h1-3,5-12,14-28H,4,13H2;1-2H3. The van der Waals surface area contributed by atoms with Crippen LogP contribution in [0.3, 0.4) is 0 Å². The van der Waals surface area contributed by atoms with Gasteiger partial charge < -0.3 is 4.57 Å². The summed E-state index contributed by atoms with van der Waals surface area (Å²) < 4.78 is 4.70. The molecule has 0 N–H and O–H groups in total. The van der Waals surface area contributed by atoms with Crippen LogP contribution in [-0.2, 0) is 6.42 Å². The van der Waals surface area contributed by atoms with Crippen molar-refractivity contribution in [2.75, 3.05) is 0 Å². The van der Waals surface area contributed by atoms with Crippen LogP contribution in [0.15, 0.2) is 152 Å². The number of para-hydroxylation sites is 3. The van der Waals surface area contributed by atoms with Crippen LogP contribution in [0.25, 0.3) is 83.8 Å². The van der Waals surface area contributed by atoms with Gasteiger partial charge in [-0.15, -0.1) is 0 Å². The van der Waals surface area contributed by atoms with Crippen LogP contribution in [0.2, 0.25) is 0 Å². The molecule has 4 nitrogen and oxygen atoms in total. The van der Waals surface area contributed by atoms with Gasteiger partial charge in [0.05, 0.1) is 27.8 Å². The van der Waals surface area contributed by atoms with Gasteiger partial charge in [-0.3, -0.25) is 4.57 Å². The fraction of sp³-hybridized carbons (Fsp3) is 0.0870. The summed E-state index contributed by atoms with van der Waals surface area (Å²) in [7, 11) is 0. The Morgan fingerprint density at radius 1 is 0.520 bits per heavy atom. The molecule has 3 aromatic heterocycles. The number of fused-ring (bicyclic) bond motifs is 7. The molecular formula is C46H36N4. The predicted molar refractivity (Wildman–Crippen MR) is 210 cm³/mol. The highest BCUT2D eigenvalue weighted by Gasteiger charge is 2.20. The summed E-state index contributed by atoms with van der Waals surface area (Å²) in [5.74, 6) is 1.57. The van der Waals surface area contributed by atoms with E-state index in [1.807, 2.05) is 19.9 Å². The summed E-state index contributed by atoms with van der Waals surface area (Å²) >= 11 is 0. The van der Waals surface area contributed by atoms with Gasteiger partial charge in [0.1, 0.15) is 5.82 Å². The van der Waals surface area contributed by atoms with Crippen molar-refractivity contribution < 1.29 is 0 Å². The second kappa shape index (κ2) is 12.3. The largest absolute Gasteiger partial charge is 0.309 e. The molecule has 0 unspecified atom stereocenters. The van der Waals surface area contributed by atoms with Crippen LogP contribution in [0.5, 0.6) is 0 Å². The monoisotopic (exact) mass is 644 g/mol. The SMILES string of the molecule is C1=Cc2c(cccc2-c2cc(-n3c4ccccc4c4cc(-n5c6ccccc6c6ccccc65)ccc43)nc(-c3ccccc3)n2)CC1.CC. The molecule has 0 atom stereocenters. The number of hydrogen-bond donors (Lipinski definition) is 0. The highest BCUT2D eigenvalue weighted by molar-refractivity contribution is 6.12. The molecule has 50 heavy (non-hydrogen) atoms. The Hall–Kier alpha value is -6.26. The first-order valence-electron chi connectivity index (χ1n) is 17.6. The highest BCUT2D eigenvalue weighted by Crippen LogP contribution is 2.38. The summed E-state index contributed by atoms with van der Waals surface area (Å²) in [5.41, 5.74) is 11.5. The third-order valence-corrected chi connectivity index (χ3v) is 9.81. The van der Waals surface area contributed by atoms with E-state index in [0.29, 0.717) is 5.82 Å². The van der Waals surface area contributed by atoms with Gasteiger partial charge >= 0.3 is 0 Å². The fourth-order valence-corrected chi connectivity index (χ4v) is 7.64. The zero-order chi connectivity index (χ0) is 33.6. The van der Waals surface area contributed by atoms with E-state index in [9.17, 15) is 0 Å². The Balaban J connectivity index is 0.00000165. The van der Waals surface area contributed by atoms with Crippen molar-refractivity contribution in [1.29, 1.82) is 0 Å². The molecule has 10 rings (SSSR count). The third kappa shape index (κ3) is 4.75. The zero-order valence-corrected chi connectivity index (χ0v) is 28.2. The molecule has 4 heteroatoms.